The lowest BCUT2D eigenvalue weighted by Gasteiger charge is -2.01. The fraction of sp³-hybridized carbons (Fsp3) is 0.250. The van der Waals surface area contributed by atoms with Crippen LogP contribution >= 0.6 is 0 Å². The molecule has 0 aliphatic rings. The van der Waals surface area contributed by atoms with Gasteiger partial charge in [0, 0.05) is 19.5 Å². The van der Waals surface area contributed by atoms with Crippen LogP contribution in [0.15, 0.2) is 24.3 Å². The number of anilines is 1. The minimum atomic E-state index is -0.140. The van der Waals surface area contributed by atoms with Crippen LogP contribution in [0.2, 0.25) is 0 Å². The molecule has 1 heterocycles. The Balaban J connectivity index is 2.34. The minimum absolute atomic E-state index is 0.140. The lowest BCUT2D eigenvalue weighted by molar-refractivity contribution is -0.114. The van der Waals surface area contributed by atoms with Crippen molar-refractivity contribution < 1.29 is 9.53 Å². The van der Waals surface area contributed by atoms with E-state index < -0.39 is 0 Å². The van der Waals surface area contributed by atoms with Crippen molar-refractivity contribution in [3.8, 4) is 17.6 Å². The number of hydrogen-bond acceptors (Lipinski definition) is 3. The number of aromatic nitrogens is 2. The summed E-state index contributed by atoms with van der Waals surface area (Å²) in [4.78, 5) is 11.3. The molecular weight excluding hydrogens is 266 g/mol. The quantitative estimate of drug-likeness (QED) is 0.859. The van der Waals surface area contributed by atoms with E-state index in [1.165, 1.54) is 6.92 Å². The molecule has 108 valence electrons. The van der Waals surface area contributed by atoms with Gasteiger partial charge in [0.2, 0.25) is 5.91 Å². The number of amides is 1. The van der Waals surface area contributed by atoms with Crippen LogP contribution in [0.1, 0.15) is 23.9 Å². The van der Waals surface area contributed by atoms with Crippen LogP contribution in [0.3, 0.4) is 0 Å². The highest BCUT2D eigenvalue weighted by Gasteiger charge is 2.12. The fourth-order valence-electron chi connectivity index (χ4n) is 1.93. The second kappa shape index (κ2) is 6.14. The second-order valence-electron chi connectivity index (χ2n) is 4.59. The van der Waals surface area contributed by atoms with E-state index in [-0.39, 0.29) is 5.91 Å². The van der Waals surface area contributed by atoms with Crippen molar-refractivity contribution in [3.63, 3.8) is 0 Å². The van der Waals surface area contributed by atoms with Gasteiger partial charge in [-0.2, -0.15) is 5.10 Å². The molecule has 0 radical (unpaired) electrons. The van der Waals surface area contributed by atoms with Gasteiger partial charge in [0.05, 0.1) is 18.5 Å². The molecular formula is C16H17N3O2. The molecule has 21 heavy (non-hydrogen) atoms. The van der Waals surface area contributed by atoms with Crippen LogP contribution in [-0.4, -0.2) is 22.8 Å². The highest BCUT2D eigenvalue weighted by molar-refractivity contribution is 5.90. The first kappa shape index (κ1) is 14.7. The maximum Gasteiger partial charge on any atom is 0.221 e. The third-order valence-electron chi connectivity index (χ3n) is 2.94. The van der Waals surface area contributed by atoms with Crippen LogP contribution in [0.25, 0.3) is 0 Å². The van der Waals surface area contributed by atoms with Crippen molar-refractivity contribution >= 4 is 11.6 Å². The van der Waals surface area contributed by atoms with E-state index in [1.807, 2.05) is 31.2 Å². The molecule has 2 aromatic rings. The number of nitrogens with zero attached hydrogens (tertiary/aromatic N) is 2. The van der Waals surface area contributed by atoms with Gasteiger partial charge in [-0.3, -0.25) is 9.48 Å². The number of methoxy groups -OCH3 is 1. The highest BCUT2D eigenvalue weighted by atomic mass is 16.5. The van der Waals surface area contributed by atoms with Crippen molar-refractivity contribution in [2.45, 2.75) is 13.8 Å². The van der Waals surface area contributed by atoms with Gasteiger partial charge >= 0.3 is 0 Å². The molecule has 0 fully saturated rings. The molecule has 2 rings (SSSR count). The SMILES string of the molecule is COc1ccc(C#Cc2c(NC(C)=O)c(C)nn2C)cc1. The molecule has 1 aromatic heterocycles. The Hall–Kier alpha value is -2.74. The minimum Gasteiger partial charge on any atom is -0.497 e. The molecule has 0 unspecified atom stereocenters. The summed E-state index contributed by atoms with van der Waals surface area (Å²) in [6.07, 6.45) is 0. The molecule has 1 aromatic carbocycles. The summed E-state index contributed by atoms with van der Waals surface area (Å²) < 4.78 is 6.77. The van der Waals surface area contributed by atoms with Crippen LogP contribution in [0.4, 0.5) is 5.69 Å². The molecule has 5 nitrogen and oxygen atoms in total. The molecule has 0 spiro atoms. The zero-order valence-corrected chi connectivity index (χ0v) is 12.5. The summed E-state index contributed by atoms with van der Waals surface area (Å²) in [6, 6.07) is 7.47. The van der Waals surface area contributed by atoms with Gasteiger partial charge in [0.15, 0.2) is 0 Å². The third kappa shape index (κ3) is 3.42. The van der Waals surface area contributed by atoms with E-state index in [4.69, 9.17) is 4.74 Å². The Morgan fingerprint density at radius 3 is 2.52 bits per heavy atom. The van der Waals surface area contributed by atoms with Gasteiger partial charge in [-0.05, 0) is 37.1 Å². The summed E-state index contributed by atoms with van der Waals surface area (Å²) in [5.41, 5.74) is 2.94. The third-order valence-corrected chi connectivity index (χ3v) is 2.94. The maximum absolute atomic E-state index is 11.3. The van der Waals surface area contributed by atoms with Crippen molar-refractivity contribution in [1.82, 2.24) is 9.78 Å². The molecule has 1 amide bonds. The molecule has 5 heteroatoms. The van der Waals surface area contributed by atoms with E-state index in [9.17, 15) is 4.79 Å². The normalized spacial score (nSPS) is 9.71. The smallest absolute Gasteiger partial charge is 0.221 e. The van der Waals surface area contributed by atoms with Gasteiger partial charge < -0.3 is 10.1 Å². The van der Waals surface area contributed by atoms with E-state index in [0.29, 0.717) is 11.4 Å². The average Bonchev–Trinajstić information content (AvgIpc) is 2.71. The summed E-state index contributed by atoms with van der Waals surface area (Å²) >= 11 is 0. The second-order valence-corrected chi connectivity index (χ2v) is 4.59. The summed E-state index contributed by atoms with van der Waals surface area (Å²) in [5, 5.41) is 7.06. The molecule has 0 bridgehead atoms. The Labute approximate surface area is 123 Å². The molecule has 1 N–H and O–H groups in total. The first-order chi connectivity index (χ1) is 10.0. The van der Waals surface area contributed by atoms with Crippen LogP contribution in [0.5, 0.6) is 5.75 Å². The first-order valence-electron chi connectivity index (χ1n) is 6.48. The zero-order valence-electron chi connectivity index (χ0n) is 12.5. The lowest BCUT2D eigenvalue weighted by atomic mass is 10.2. The van der Waals surface area contributed by atoms with E-state index >= 15 is 0 Å². The Bertz CT molecular complexity index is 718. The van der Waals surface area contributed by atoms with E-state index in [1.54, 1.807) is 18.8 Å². The van der Waals surface area contributed by atoms with Crippen LogP contribution in [-0.2, 0) is 11.8 Å². The lowest BCUT2D eigenvalue weighted by Crippen LogP contribution is -2.08. The van der Waals surface area contributed by atoms with Crippen LogP contribution < -0.4 is 10.1 Å². The van der Waals surface area contributed by atoms with Crippen molar-refractivity contribution in [1.29, 1.82) is 0 Å². The highest BCUT2D eigenvalue weighted by Crippen LogP contribution is 2.19. The number of benzene rings is 1. The van der Waals surface area contributed by atoms with E-state index in [0.717, 1.165) is 17.0 Å². The summed E-state index contributed by atoms with van der Waals surface area (Å²) in [7, 11) is 3.43. The van der Waals surface area contributed by atoms with E-state index in [2.05, 4.69) is 22.3 Å². The largest absolute Gasteiger partial charge is 0.497 e. The standard InChI is InChI=1S/C16H17N3O2/c1-11-16(17-12(2)20)15(19(3)18-11)10-7-13-5-8-14(21-4)9-6-13/h5-6,8-9H,1-4H3,(H,17,20). The molecule has 0 atom stereocenters. The van der Waals surface area contributed by atoms with Gasteiger partial charge in [-0.1, -0.05) is 5.92 Å². The molecule has 0 saturated heterocycles. The van der Waals surface area contributed by atoms with Crippen molar-refractivity contribution in [3.05, 3.63) is 41.2 Å². The van der Waals surface area contributed by atoms with Crippen molar-refractivity contribution in [2.24, 2.45) is 7.05 Å². The van der Waals surface area contributed by atoms with Crippen molar-refractivity contribution in [2.75, 3.05) is 12.4 Å². The topological polar surface area (TPSA) is 56.1 Å². The molecule has 0 aliphatic carbocycles. The maximum atomic E-state index is 11.3. The summed E-state index contributed by atoms with van der Waals surface area (Å²) in [6.45, 7) is 3.30. The number of aryl methyl sites for hydroxylation is 2. The monoisotopic (exact) mass is 283 g/mol. The fourth-order valence-corrected chi connectivity index (χ4v) is 1.93. The van der Waals surface area contributed by atoms with Gasteiger partial charge in [0.1, 0.15) is 11.4 Å². The number of hydrogen-bond donors (Lipinski definition) is 1. The van der Waals surface area contributed by atoms with Gasteiger partial charge in [0.25, 0.3) is 0 Å². The zero-order chi connectivity index (χ0) is 15.4. The Morgan fingerprint density at radius 1 is 1.29 bits per heavy atom. The number of carbonyl (C=O) groups is 1. The van der Waals surface area contributed by atoms with Gasteiger partial charge in [-0.15, -0.1) is 0 Å². The number of rotatable bonds is 2. The summed E-state index contributed by atoms with van der Waals surface area (Å²) in [5.74, 6) is 6.77. The number of carbonyl (C=O) groups excluding carboxylic acids is 1. The number of ether oxygens (including phenoxy) is 1. The van der Waals surface area contributed by atoms with Gasteiger partial charge in [-0.25, -0.2) is 0 Å². The Morgan fingerprint density at radius 2 is 1.95 bits per heavy atom. The average molecular weight is 283 g/mol. The molecule has 0 aliphatic heterocycles. The predicted octanol–water partition coefficient (Wildman–Crippen LogP) is 2.10. The molecule has 0 saturated carbocycles. The predicted molar refractivity (Wildman–Crippen MR) is 81.2 cm³/mol. The van der Waals surface area contributed by atoms with Crippen LogP contribution in [0, 0.1) is 18.8 Å². The number of nitrogens with one attached hydrogen (secondary N) is 1. The Kier molecular flexibility index (Phi) is 4.29. The first-order valence-corrected chi connectivity index (χ1v) is 6.48.